The second-order valence-corrected chi connectivity index (χ2v) is 5.95. The summed E-state index contributed by atoms with van der Waals surface area (Å²) in [6.45, 7) is 7.31. The van der Waals surface area contributed by atoms with Crippen LogP contribution in [0, 0.1) is 13.8 Å². The average Bonchev–Trinajstić information content (AvgIpc) is 2.55. The zero-order valence-corrected chi connectivity index (χ0v) is 14.4. The van der Waals surface area contributed by atoms with E-state index in [-0.39, 0.29) is 0 Å². The lowest BCUT2D eigenvalue weighted by atomic mass is 10.1. The third-order valence-corrected chi connectivity index (χ3v) is 3.82. The Hall–Kier alpha value is -2.62. The molecule has 4 nitrogen and oxygen atoms in total. The zero-order chi connectivity index (χ0) is 17.7. The molecule has 2 aromatic carbocycles. The maximum Gasteiger partial charge on any atom is 0.338 e. The number of carbonyl (C=O) groups is 2. The monoisotopic (exact) mass is 326 g/mol. The fourth-order valence-corrected chi connectivity index (χ4v) is 2.04. The van der Waals surface area contributed by atoms with Crippen molar-refractivity contribution in [1.29, 1.82) is 0 Å². The molecule has 0 heterocycles. The Bertz CT molecular complexity index is 638. The normalized spacial score (nSPS) is 13.0. The number of aryl methyl sites for hydroxylation is 2. The zero-order valence-electron chi connectivity index (χ0n) is 14.4. The molecule has 0 unspecified atom stereocenters. The molecular weight excluding hydrogens is 304 g/mol. The van der Waals surface area contributed by atoms with Gasteiger partial charge in [0.25, 0.3) is 0 Å². The quantitative estimate of drug-likeness (QED) is 0.776. The van der Waals surface area contributed by atoms with E-state index in [9.17, 15) is 9.59 Å². The molecular formula is C20H22O4. The topological polar surface area (TPSA) is 52.6 Å². The van der Waals surface area contributed by atoms with E-state index in [1.807, 2.05) is 38.1 Å². The van der Waals surface area contributed by atoms with E-state index in [0.29, 0.717) is 11.1 Å². The molecule has 4 heteroatoms. The van der Waals surface area contributed by atoms with E-state index in [4.69, 9.17) is 9.47 Å². The number of esters is 2. The first-order valence-corrected chi connectivity index (χ1v) is 7.92. The average molecular weight is 326 g/mol. The molecule has 0 N–H and O–H groups in total. The summed E-state index contributed by atoms with van der Waals surface area (Å²) in [5.41, 5.74) is 3.09. The highest BCUT2D eigenvalue weighted by molar-refractivity contribution is 5.90. The maximum atomic E-state index is 12.1. The van der Waals surface area contributed by atoms with Crippen LogP contribution in [0.1, 0.15) is 45.7 Å². The van der Waals surface area contributed by atoms with Gasteiger partial charge >= 0.3 is 11.9 Å². The predicted octanol–water partition coefficient (Wildman–Crippen LogP) is 4.09. The van der Waals surface area contributed by atoms with Crippen molar-refractivity contribution in [2.75, 3.05) is 0 Å². The van der Waals surface area contributed by atoms with Gasteiger partial charge in [-0.3, -0.25) is 0 Å². The highest BCUT2D eigenvalue weighted by Crippen LogP contribution is 2.12. The minimum atomic E-state index is -0.548. The Morgan fingerprint density at radius 1 is 0.667 bits per heavy atom. The Labute approximate surface area is 142 Å². The van der Waals surface area contributed by atoms with Gasteiger partial charge in [0.05, 0.1) is 11.1 Å². The van der Waals surface area contributed by atoms with Crippen LogP contribution in [0.4, 0.5) is 0 Å². The third-order valence-electron chi connectivity index (χ3n) is 3.82. The van der Waals surface area contributed by atoms with Gasteiger partial charge in [-0.25, -0.2) is 9.59 Å². The van der Waals surface area contributed by atoms with Crippen LogP contribution in [-0.2, 0) is 9.47 Å². The summed E-state index contributed by atoms with van der Waals surface area (Å²) in [7, 11) is 0. The molecule has 2 atom stereocenters. The summed E-state index contributed by atoms with van der Waals surface area (Å²) in [4.78, 5) is 24.2. The summed E-state index contributed by atoms with van der Waals surface area (Å²) in [6, 6.07) is 14.3. The summed E-state index contributed by atoms with van der Waals surface area (Å²) in [5, 5.41) is 0. The van der Waals surface area contributed by atoms with Gasteiger partial charge < -0.3 is 9.47 Å². The van der Waals surface area contributed by atoms with Crippen LogP contribution in [0.3, 0.4) is 0 Å². The van der Waals surface area contributed by atoms with Gasteiger partial charge in [0.15, 0.2) is 0 Å². The lowest BCUT2D eigenvalue weighted by Crippen LogP contribution is -2.30. The van der Waals surface area contributed by atoms with Crippen LogP contribution in [0.15, 0.2) is 48.5 Å². The Morgan fingerprint density at radius 2 is 0.958 bits per heavy atom. The first-order valence-electron chi connectivity index (χ1n) is 7.92. The first kappa shape index (κ1) is 17.7. The predicted molar refractivity (Wildman–Crippen MR) is 92.1 cm³/mol. The van der Waals surface area contributed by atoms with Gasteiger partial charge in [-0.2, -0.15) is 0 Å². The molecule has 0 fully saturated rings. The third kappa shape index (κ3) is 4.69. The molecule has 0 saturated heterocycles. The van der Waals surface area contributed by atoms with E-state index >= 15 is 0 Å². The van der Waals surface area contributed by atoms with Gasteiger partial charge in [0, 0.05) is 0 Å². The summed E-state index contributed by atoms with van der Waals surface area (Å²) >= 11 is 0. The number of hydrogen-bond donors (Lipinski definition) is 0. The fourth-order valence-electron chi connectivity index (χ4n) is 2.04. The van der Waals surface area contributed by atoms with E-state index in [1.165, 1.54) is 0 Å². The molecule has 2 aromatic rings. The lowest BCUT2D eigenvalue weighted by Gasteiger charge is -2.21. The molecule has 0 bridgehead atoms. The van der Waals surface area contributed by atoms with Gasteiger partial charge in [-0.05, 0) is 52.0 Å². The molecule has 0 aromatic heterocycles. The molecule has 0 aliphatic carbocycles. The van der Waals surface area contributed by atoms with Crippen LogP contribution >= 0.6 is 0 Å². The van der Waals surface area contributed by atoms with Crippen molar-refractivity contribution in [1.82, 2.24) is 0 Å². The second kappa shape index (κ2) is 7.77. The second-order valence-electron chi connectivity index (χ2n) is 5.95. The standard InChI is InChI=1S/C20H22O4/c1-13-5-9-17(10-6-13)19(21)23-15(3)16(4)24-20(22)18-11-7-14(2)8-12-18/h5-12,15-16H,1-4H3/t15-,16-/m1/s1. The number of hydrogen-bond acceptors (Lipinski definition) is 4. The summed E-state index contributed by atoms with van der Waals surface area (Å²) in [5.74, 6) is -0.860. The van der Waals surface area contributed by atoms with Crippen molar-refractivity contribution >= 4 is 11.9 Å². The van der Waals surface area contributed by atoms with Crippen molar-refractivity contribution in [3.8, 4) is 0 Å². The molecule has 0 saturated carbocycles. The maximum absolute atomic E-state index is 12.1. The lowest BCUT2D eigenvalue weighted by molar-refractivity contribution is -0.0239. The van der Waals surface area contributed by atoms with E-state index in [2.05, 4.69) is 0 Å². The molecule has 0 amide bonds. The van der Waals surface area contributed by atoms with Crippen LogP contribution in [0.25, 0.3) is 0 Å². The molecule has 0 radical (unpaired) electrons. The van der Waals surface area contributed by atoms with Crippen LogP contribution in [-0.4, -0.2) is 24.1 Å². The Balaban J connectivity index is 1.92. The molecule has 126 valence electrons. The largest absolute Gasteiger partial charge is 0.455 e. The molecule has 0 spiro atoms. The van der Waals surface area contributed by atoms with Crippen molar-refractivity contribution in [2.45, 2.75) is 39.9 Å². The highest BCUT2D eigenvalue weighted by atomic mass is 16.6. The molecule has 24 heavy (non-hydrogen) atoms. The minimum absolute atomic E-state index is 0.430. The fraction of sp³-hybridized carbons (Fsp3) is 0.300. The van der Waals surface area contributed by atoms with Crippen LogP contribution < -0.4 is 0 Å². The number of benzene rings is 2. The van der Waals surface area contributed by atoms with Gasteiger partial charge in [-0.15, -0.1) is 0 Å². The van der Waals surface area contributed by atoms with Gasteiger partial charge in [-0.1, -0.05) is 35.4 Å². The molecule has 0 aliphatic heterocycles. The number of rotatable bonds is 5. The van der Waals surface area contributed by atoms with E-state index in [0.717, 1.165) is 11.1 Å². The van der Waals surface area contributed by atoms with E-state index in [1.54, 1.807) is 38.1 Å². The van der Waals surface area contributed by atoms with Crippen molar-refractivity contribution in [2.24, 2.45) is 0 Å². The molecule has 0 aliphatic rings. The summed E-state index contributed by atoms with van der Waals surface area (Å²) in [6.07, 6.45) is -1.10. The van der Waals surface area contributed by atoms with Gasteiger partial charge in [0.1, 0.15) is 12.2 Å². The van der Waals surface area contributed by atoms with Crippen molar-refractivity contribution in [3.05, 3.63) is 70.8 Å². The highest BCUT2D eigenvalue weighted by Gasteiger charge is 2.22. The number of carbonyl (C=O) groups excluding carboxylic acids is 2. The molecule has 2 rings (SSSR count). The van der Waals surface area contributed by atoms with Crippen molar-refractivity contribution in [3.63, 3.8) is 0 Å². The van der Waals surface area contributed by atoms with Crippen LogP contribution in [0.2, 0.25) is 0 Å². The minimum Gasteiger partial charge on any atom is -0.455 e. The smallest absolute Gasteiger partial charge is 0.338 e. The Morgan fingerprint density at radius 3 is 1.25 bits per heavy atom. The van der Waals surface area contributed by atoms with Gasteiger partial charge in [0.2, 0.25) is 0 Å². The van der Waals surface area contributed by atoms with Crippen molar-refractivity contribution < 1.29 is 19.1 Å². The SMILES string of the molecule is Cc1ccc(C(=O)O[C@H](C)[C@@H](C)OC(=O)c2ccc(C)cc2)cc1. The number of ether oxygens (including phenoxy) is 2. The van der Waals surface area contributed by atoms with Crippen LogP contribution in [0.5, 0.6) is 0 Å². The first-order chi connectivity index (χ1) is 11.4. The Kier molecular flexibility index (Phi) is 5.74. The van der Waals surface area contributed by atoms with E-state index < -0.39 is 24.1 Å². The summed E-state index contributed by atoms with van der Waals surface area (Å²) < 4.78 is 10.8.